The number of rotatable bonds is 3. The molecule has 1 heterocycles. The molecule has 1 spiro atoms. The van der Waals surface area contributed by atoms with Crippen molar-refractivity contribution in [1.82, 2.24) is 0 Å². The Hall–Kier alpha value is -2.40. The van der Waals surface area contributed by atoms with Crippen LogP contribution < -0.4 is 0 Å². The fraction of sp³-hybridized carbons (Fsp3) is 0.657. The number of carbonyl (C=O) groups is 2. The number of hydrogen-bond donors (Lipinski definition) is 2. The maximum Gasteiger partial charge on any atom is 0.346 e. The first kappa shape index (κ1) is 29.1. The number of aliphatic hydroxyl groups excluding tert-OH is 2. The molecule has 0 aromatic carbocycles. The molecule has 1 aliphatic heterocycles. The van der Waals surface area contributed by atoms with Crippen molar-refractivity contribution < 1.29 is 24.5 Å². The molecule has 0 amide bonds. The molecule has 0 aromatic heterocycles. The summed E-state index contributed by atoms with van der Waals surface area (Å²) in [5, 5.41) is 23.4. The number of hydrogen-bond acceptors (Lipinski definition) is 5. The van der Waals surface area contributed by atoms with E-state index < -0.39 is 28.5 Å². The van der Waals surface area contributed by atoms with E-state index in [1.54, 1.807) is 0 Å². The lowest BCUT2D eigenvalue weighted by Crippen LogP contribution is -2.54. The van der Waals surface area contributed by atoms with E-state index in [0.717, 1.165) is 37.7 Å². The molecule has 5 rings (SSSR count). The molecule has 5 nitrogen and oxygen atoms in total. The molecule has 4 aliphatic carbocycles. The van der Waals surface area contributed by atoms with E-state index in [-0.39, 0.29) is 46.7 Å². The molecule has 0 saturated heterocycles. The van der Waals surface area contributed by atoms with Crippen LogP contribution in [0.1, 0.15) is 92.9 Å². The van der Waals surface area contributed by atoms with E-state index in [1.165, 1.54) is 5.57 Å². The van der Waals surface area contributed by atoms with Crippen LogP contribution in [0, 0.1) is 40.4 Å². The van der Waals surface area contributed by atoms with Crippen molar-refractivity contribution in [3.05, 3.63) is 58.9 Å². The predicted molar refractivity (Wildman–Crippen MR) is 157 cm³/mol. The lowest BCUT2D eigenvalue weighted by molar-refractivity contribution is -0.159. The highest BCUT2D eigenvalue weighted by molar-refractivity contribution is 6.21. The maximum absolute atomic E-state index is 15.0. The number of allylic oxidation sites excluding steroid dienone is 5. The number of ether oxygens (including phenoxy) is 1. The molecule has 9 unspecified atom stereocenters. The molecular weight excluding hydrogens is 500 g/mol. The van der Waals surface area contributed by atoms with Crippen molar-refractivity contribution in [2.24, 2.45) is 40.4 Å². The van der Waals surface area contributed by atoms with Crippen LogP contribution in [-0.4, -0.2) is 33.7 Å². The van der Waals surface area contributed by atoms with Crippen LogP contribution in [0.5, 0.6) is 0 Å². The van der Waals surface area contributed by atoms with Gasteiger partial charge in [-0.1, -0.05) is 74.8 Å². The third-order valence-corrected chi connectivity index (χ3v) is 11.3. The number of aliphatic hydroxyl groups is 2. The first-order valence-electron chi connectivity index (χ1n) is 15.6. The smallest absolute Gasteiger partial charge is 0.346 e. The van der Waals surface area contributed by atoms with Gasteiger partial charge in [-0.05, 0) is 83.0 Å². The van der Waals surface area contributed by atoms with E-state index in [2.05, 4.69) is 64.2 Å². The summed E-state index contributed by atoms with van der Waals surface area (Å²) < 4.78 is 6.30. The fourth-order valence-corrected chi connectivity index (χ4v) is 9.14. The van der Waals surface area contributed by atoms with Crippen LogP contribution in [0.4, 0.5) is 0 Å². The van der Waals surface area contributed by atoms with Gasteiger partial charge in [0.15, 0.2) is 17.1 Å². The molecule has 0 aromatic rings. The van der Waals surface area contributed by atoms with Crippen molar-refractivity contribution in [2.45, 2.75) is 105 Å². The molecule has 40 heavy (non-hydrogen) atoms. The van der Waals surface area contributed by atoms with Gasteiger partial charge in [0.05, 0.1) is 11.5 Å². The summed E-state index contributed by atoms with van der Waals surface area (Å²) in [6.07, 6.45) is 18.3. The minimum absolute atomic E-state index is 0.109. The van der Waals surface area contributed by atoms with Crippen molar-refractivity contribution in [3.63, 3.8) is 0 Å². The van der Waals surface area contributed by atoms with Gasteiger partial charge < -0.3 is 14.9 Å². The van der Waals surface area contributed by atoms with Gasteiger partial charge in [0.2, 0.25) is 0 Å². The molecule has 9 atom stereocenters. The molecular formula is C35H48O5. The molecule has 218 valence electrons. The van der Waals surface area contributed by atoms with E-state index in [0.29, 0.717) is 19.3 Å². The number of Topliss-reactive ketones (excluding diaryl/α,β-unsaturated/α-hetero) is 1. The average Bonchev–Trinajstić information content (AvgIpc) is 3.16. The highest BCUT2D eigenvalue weighted by Gasteiger charge is 2.65. The zero-order valence-corrected chi connectivity index (χ0v) is 25.2. The fourth-order valence-electron chi connectivity index (χ4n) is 9.14. The second-order valence-corrected chi connectivity index (χ2v) is 13.6. The van der Waals surface area contributed by atoms with Gasteiger partial charge in [-0.25, -0.2) is 4.79 Å². The Balaban J connectivity index is 1.75. The Morgan fingerprint density at radius 3 is 2.52 bits per heavy atom. The second-order valence-electron chi connectivity index (χ2n) is 13.6. The van der Waals surface area contributed by atoms with Gasteiger partial charge in [-0.15, -0.1) is 0 Å². The highest BCUT2D eigenvalue weighted by atomic mass is 16.6. The predicted octanol–water partition coefficient (Wildman–Crippen LogP) is 7.34. The monoisotopic (exact) mass is 548 g/mol. The highest BCUT2D eigenvalue weighted by Crippen LogP contribution is 2.60. The lowest BCUT2D eigenvalue weighted by atomic mass is 9.50. The maximum atomic E-state index is 15.0. The van der Waals surface area contributed by atoms with E-state index in [1.807, 2.05) is 13.8 Å². The summed E-state index contributed by atoms with van der Waals surface area (Å²) in [4.78, 5) is 28.9. The minimum Gasteiger partial charge on any atom is -0.507 e. The summed E-state index contributed by atoms with van der Waals surface area (Å²) in [6.45, 7) is 12.5. The summed E-state index contributed by atoms with van der Waals surface area (Å²) in [6, 6.07) is 0. The van der Waals surface area contributed by atoms with Crippen LogP contribution in [0.3, 0.4) is 0 Å². The first-order chi connectivity index (χ1) is 19.0. The summed E-state index contributed by atoms with van der Waals surface area (Å²) >= 11 is 0. The van der Waals surface area contributed by atoms with Crippen molar-refractivity contribution in [1.29, 1.82) is 0 Å². The lowest BCUT2D eigenvalue weighted by Gasteiger charge is -2.53. The topological polar surface area (TPSA) is 83.8 Å². The Kier molecular flexibility index (Phi) is 7.61. The quantitative estimate of drug-likeness (QED) is 0.219. The molecule has 2 bridgehead atoms. The van der Waals surface area contributed by atoms with Crippen LogP contribution in [0.15, 0.2) is 58.9 Å². The van der Waals surface area contributed by atoms with Crippen molar-refractivity contribution >= 4 is 11.8 Å². The largest absolute Gasteiger partial charge is 0.507 e. The zero-order valence-electron chi connectivity index (χ0n) is 25.2. The molecule has 5 heteroatoms. The number of ketones is 1. The Labute approximate surface area is 240 Å². The van der Waals surface area contributed by atoms with E-state index in [9.17, 15) is 19.8 Å². The first-order valence-corrected chi connectivity index (χ1v) is 15.6. The third kappa shape index (κ3) is 4.13. The van der Waals surface area contributed by atoms with Gasteiger partial charge >= 0.3 is 5.97 Å². The minimum atomic E-state index is -1.32. The summed E-state index contributed by atoms with van der Waals surface area (Å²) in [5.74, 6) is -1.28. The number of esters is 1. The Morgan fingerprint density at radius 2 is 1.82 bits per heavy atom. The van der Waals surface area contributed by atoms with E-state index >= 15 is 0 Å². The normalized spacial score (nSPS) is 45.5. The molecule has 0 radical (unpaired) electrons. The number of carbonyl (C=O) groups excluding carboxylic acids is 2. The summed E-state index contributed by atoms with van der Waals surface area (Å²) in [7, 11) is 0. The van der Waals surface area contributed by atoms with Crippen molar-refractivity contribution in [3.8, 4) is 0 Å². The molecule has 1 fully saturated rings. The summed E-state index contributed by atoms with van der Waals surface area (Å²) in [5.41, 5.74) is -0.809. The average molecular weight is 549 g/mol. The molecule has 2 N–H and O–H groups in total. The van der Waals surface area contributed by atoms with Crippen molar-refractivity contribution in [2.75, 3.05) is 0 Å². The van der Waals surface area contributed by atoms with Gasteiger partial charge in [-0.3, -0.25) is 4.79 Å². The Morgan fingerprint density at radius 1 is 1.07 bits per heavy atom. The van der Waals surface area contributed by atoms with Crippen LogP contribution in [0.2, 0.25) is 0 Å². The number of fused-ring (bicyclic) bond motifs is 3. The second kappa shape index (κ2) is 10.5. The van der Waals surface area contributed by atoms with Crippen LogP contribution in [-0.2, 0) is 14.3 Å². The zero-order chi connectivity index (χ0) is 29.0. The molecule has 1 saturated carbocycles. The van der Waals surface area contributed by atoms with E-state index in [4.69, 9.17) is 4.74 Å². The van der Waals surface area contributed by atoms with Gasteiger partial charge in [-0.2, -0.15) is 0 Å². The standard InChI is InChI=1S/C35H48O5/c1-7-11-24-20-35-31(38)28(32(39)40-35)30(37)34(8-2)25(15-16-26-27(34)17-14-22(4)29(26)36)13-10-9-12-21(3)18-33(35,6)19-23(24)5/h9-10,15-16,18-19,22,24-27,29,36,38H,7-8,11-14,17,20H2,1-6H3/b10-9+,21-18+. The third-order valence-electron chi connectivity index (χ3n) is 11.3. The van der Waals surface area contributed by atoms with Crippen LogP contribution >= 0.6 is 0 Å². The van der Waals surface area contributed by atoms with Gasteiger partial charge in [0.1, 0.15) is 5.57 Å². The van der Waals surface area contributed by atoms with Gasteiger partial charge in [0.25, 0.3) is 0 Å². The van der Waals surface area contributed by atoms with Gasteiger partial charge in [0, 0.05) is 17.8 Å². The SMILES string of the molecule is CCCC1CC23OC(=O)C(=C2O)C(=O)C2(CC)C(C=CC4C(O)C(C)CCC42)C/C=C/C/C(C)=C/C3(C)C=C1C. The Bertz CT molecular complexity index is 1220. The molecule has 5 aliphatic rings. The van der Waals surface area contributed by atoms with Crippen LogP contribution in [0.25, 0.3) is 0 Å².